The van der Waals surface area contributed by atoms with E-state index in [1.165, 1.54) is 0 Å². The van der Waals surface area contributed by atoms with Crippen molar-refractivity contribution in [1.82, 2.24) is 9.97 Å². The predicted molar refractivity (Wildman–Crippen MR) is 117 cm³/mol. The van der Waals surface area contributed by atoms with Crippen LogP contribution in [0.4, 0.5) is 0 Å². The summed E-state index contributed by atoms with van der Waals surface area (Å²) in [5.41, 5.74) is 4.30. The number of rotatable bonds is 8. The smallest absolute Gasteiger partial charge is 0.174 e. The van der Waals surface area contributed by atoms with Gasteiger partial charge in [-0.3, -0.25) is 4.98 Å². The molecule has 1 aromatic heterocycles. The minimum Gasteiger partial charge on any atom is -0.489 e. The molecule has 4 rings (SSSR count). The minimum atomic E-state index is -0.00115. The average Bonchev–Trinajstić information content (AvgIpc) is 2.81. The minimum absolute atomic E-state index is 0.00115. The van der Waals surface area contributed by atoms with Gasteiger partial charge in [0.15, 0.2) is 6.61 Å². The number of nitriles is 1. The summed E-state index contributed by atoms with van der Waals surface area (Å²) < 4.78 is 17.4. The first-order valence-corrected chi connectivity index (χ1v) is 9.87. The van der Waals surface area contributed by atoms with Gasteiger partial charge in [0.05, 0.1) is 22.9 Å². The fraction of sp³-hybridized carbons (Fsp3) is 0.160. The van der Waals surface area contributed by atoms with Crippen molar-refractivity contribution in [1.29, 1.82) is 5.26 Å². The Balaban J connectivity index is 1.40. The van der Waals surface area contributed by atoms with Gasteiger partial charge in [0.2, 0.25) is 0 Å². The predicted octanol–water partition coefficient (Wildman–Crippen LogP) is 5.00. The maximum Gasteiger partial charge on any atom is 0.174 e. The zero-order valence-electron chi connectivity index (χ0n) is 17.1. The van der Waals surface area contributed by atoms with Gasteiger partial charge in [-0.25, -0.2) is 4.98 Å². The van der Waals surface area contributed by atoms with Crippen LogP contribution in [0, 0.1) is 18.3 Å². The number of para-hydroxylation sites is 3. The fourth-order valence-electron chi connectivity index (χ4n) is 3.18. The number of aromatic nitrogens is 2. The highest BCUT2D eigenvalue weighted by Crippen LogP contribution is 2.26. The Morgan fingerprint density at radius 2 is 1.58 bits per heavy atom. The monoisotopic (exact) mass is 411 g/mol. The highest BCUT2D eigenvalue weighted by Gasteiger charge is 2.09. The number of aryl methyl sites for hydroxylation is 1. The molecule has 31 heavy (non-hydrogen) atoms. The lowest BCUT2D eigenvalue weighted by atomic mass is 10.1. The highest BCUT2D eigenvalue weighted by molar-refractivity contribution is 5.73. The van der Waals surface area contributed by atoms with Gasteiger partial charge in [-0.15, -0.1) is 0 Å². The Hall–Kier alpha value is -4.11. The summed E-state index contributed by atoms with van der Waals surface area (Å²) >= 11 is 0. The third kappa shape index (κ3) is 5.09. The second-order valence-corrected chi connectivity index (χ2v) is 6.91. The van der Waals surface area contributed by atoms with Crippen LogP contribution in [0.5, 0.6) is 17.2 Å². The third-order valence-corrected chi connectivity index (χ3v) is 4.66. The maximum absolute atomic E-state index is 8.80. The molecule has 0 radical (unpaired) electrons. The van der Waals surface area contributed by atoms with Crippen LogP contribution in [0.1, 0.15) is 16.8 Å². The molecule has 0 atom stereocenters. The van der Waals surface area contributed by atoms with E-state index < -0.39 is 0 Å². The van der Waals surface area contributed by atoms with Crippen LogP contribution in [-0.4, -0.2) is 16.6 Å². The van der Waals surface area contributed by atoms with Crippen LogP contribution < -0.4 is 14.2 Å². The number of hydrogen-bond donors (Lipinski definition) is 0. The van der Waals surface area contributed by atoms with Gasteiger partial charge in [-0.05, 0) is 36.8 Å². The third-order valence-electron chi connectivity index (χ3n) is 4.66. The molecule has 0 aliphatic heterocycles. The molecule has 154 valence electrons. The molecule has 0 saturated heterocycles. The van der Waals surface area contributed by atoms with Crippen LogP contribution in [0.25, 0.3) is 11.0 Å². The molecule has 0 bridgehead atoms. The quantitative estimate of drug-likeness (QED) is 0.406. The zero-order valence-corrected chi connectivity index (χ0v) is 17.1. The Kier molecular flexibility index (Phi) is 6.24. The number of hydrogen-bond acceptors (Lipinski definition) is 6. The Bertz CT molecular complexity index is 1230. The normalized spacial score (nSPS) is 10.5. The first-order valence-electron chi connectivity index (χ1n) is 9.87. The van der Waals surface area contributed by atoms with Crippen molar-refractivity contribution in [2.24, 2.45) is 0 Å². The van der Waals surface area contributed by atoms with Gasteiger partial charge in [-0.2, -0.15) is 5.26 Å². The molecule has 6 heteroatoms. The highest BCUT2D eigenvalue weighted by atomic mass is 16.5. The molecule has 0 aliphatic carbocycles. The van der Waals surface area contributed by atoms with E-state index in [0.717, 1.165) is 27.9 Å². The van der Waals surface area contributed by atoms with Crippen molar-refractivity contribution < 1.29 is 14.2 Å². The fourth-order valence-corrected chi connectivity index (χ4v) is 3.18. The maximum atomic E-state index is 8.80. The van der Waals surface area contributed by atoms with E-state index >= 15 is 0 Å². The number of fused-ring (bicyclic) bond motifs is 1. The zero-order chi connectivity index (χ0) is 21.5. The Labute approximate surface area is 180 Å². The van der Waals surface area contributed by atoms with Crippen LogP contribution >= 0.6 is 0 Å². The molecule has 4 aromatic rings. The van der Waals surface area contributed by atoms with Gasteiger partial charge < -0.3 is 14.2 Å². The lowest BCUT2D eigenvalue weighted by Crippen LogP contribution is -2.03. The van der Waals surface area contributed by atoms with E-state index in [9.17, 15) is 0 Å². The lowest BCUT2D eigenvalue weighted by molar-refractivity contribution is 0.281. The van der Waals surface area contributed by atoms with Gasteiger partial charge in [0.25, 0.3) is 0 Å². The van der Waals surface area contributed by atoms with Gasteiger partial charge >= 0.3 is 0 Å². The second-order valence-electron chi connectivity index (χ2n) is 6.91. The van der Waals surface area contributed by atoms with E-state index in [4.69, 9.17) is 19.5 Å². The molecular weight excluding hydrogens is 390 g/mol. The molecule has 0 amide bonds. The summed E-state index contributed by atoms with van der Waals surface area (Å²) in [6.45, 7) is 2.58. The van der Waals surface area contributed by atoms with Gasteiger partial charge in [-0.1, -0.05) is 36.4 Å². The number of ether oxygens (including phenoxy) is 3. The molecule has 0 fully saturated rings. The number of nitrogens with zero attached hydrogens (tertiary/aromatic N) is 3. The summed E-state index contributed by atoms with van der Waals surface area (Å²) in [6, 6.07) is 23.0. The molecule has 1 heterocycles. The molecule has 0 spiro atoms. The molecule has 0 aliphatic rings. The van der Waals surface area contributed by atoms with Crippen molar-refractivity contribution in [3.8, 4) is 23.3 Å². The van der Waals surface area contributed by atoms with Gasteiger partial charge in [0, 0.05) is 11.6 Å². The van der Waals surface area contributed by atoms with E-state index in [1.807, 2.05) is 79.7 Å². The topological polar surface area (TPSA) is 77.3 Å². The lowest BCUT2D eigenvalue weighted by Gasteiger charge is -2.14. The van der Waals surface area contributed by atoms with Crippen LogP contribution in [0.15, 0.2) is 72.9 Å². The molecule has 0 unspecified atom stereocenters. The van der Waals surface area contributed by atoms with Crippen molar-refractivity contribution >= 4 is 11.0 Å². The van der Waals surface area contributed by atoms with E-state index in [1.54, 1.807) is 6.20 Å². The van der Waals surface area contributed by atoms with Crippen molar-refractivity contribution in [3.05, 3.63) is 89.7 Å². The van der Waals surface area contributed by atoms with Gasteiger partial charge in [0.1, 0.15) is 36.5 Å². The molecule has 0 saturated carbocycles. The summed E-state index contributed by atoms with van der Waals surface area (Å²) in [7, 11) is 0. The molecular formula is C25H21N3O3. The summed E-state index contributed by atoms with van der Waals surface area (Å²) in [5.74, 6) is 2.04. The van der Waals surface area contributed by atoms with Crippen molar-refractivity contribution in [2.45, 2.75) is 20.1 Å². The number of benzene rings is 3. The molecule has 6 nitrogen and oxygen atoms in total. The average molecular weight is 411 g/mol. The molecule has 3 aromatic carbocycles. The van der Waals surface area contributed by atoms with Crippen molar-refractivity contribution in [3.63, 3.8) is 0 Å². The standard InChI is InChI=1S/C25H21N3O3/c1-18-6-4-7-19(25(18)29-13-12-26)16-30-21-8-5-9-22(14-21)31-17-20-15-27-23-10-2-3-11-24(23)28-20/h2-11,14-15H,13,16-17H2,1H3. The van der Waals surface area contributed by atoms with E-state index in [-0.39, 0.29) is 6.61 Å². The second kappa shape index (κ2) is 9.59. The van der Waals surface area contributed by atoms with Crippen LogP contribution in [0.2, 0.25) is 0 Å². The van der Waals surface area contributed by atoms with Crippen molar-refractivity contribution in [2.75, 3.05) is 6.61 Å². The van der Waals surface area contributed by atoms with E-state index in [0.29, 0.717) is 30.5 Å². The largest absolute Gasteiger partial charge is 0.489 e. The summed E-state index contributed by atoms with van der Waals surface area (Å²) in [6.07, 6.45) is 1.73. The Morgan fingerprint density at radius 1 is 0.839 bits per heavy atom. The summed E-state index contributed by atoms with van der Waals surface area (Å²) in [5, 5.41) is 8.80. The Morgan fingerprint density at radius 3 is 2.39 bits per heavy atom. The summed E-state index contributed by atoms with van der Waals surface area (Å²) in [4.78, 5) is 8.99. The first-order chi connectivity index (χ1) is 15.2. The SMILES string of the molecule is Cc1cccc(COc2cccc(OCc3cnc4ccccc4n3)c2)c1OCC#N. The van der Waals surface area contributed by atoms with Crippen LogP contribution in [-0.2, 0) is 13.2 Å². The molecule has 0 N–H and O–H groups in total. The first kappa shape index (κ1) is 20.2. The van der Waals surface area contributed by atoms with Crippen LogP contribution in [0.3, 0.4) is 0 Å². The van der Waals surface area contributed by atoms with E-state index in [2.05, 4.69) is 9.97 Å².